The molecule has 1 aliphatic rings. The maximum absolute atomic E-state index is 12.3. The lowest BCUT2D eigenvalue weighted by atomic mass is 9.96. The Morgan fingerprint density at radius 3 is 2.31 bits per heavy atom. The first-order valence-electron chi connectivity index (χ1n) is 8.68. The normalized spacial score (nSPS) is 16.8. The zero-order valence-electron chi connectivity index (χ0n) is 14.4. The van der Waals surface area contributed by atoms with Crippen molar-refractivity contribution in [2.45, 2.75) is 31.8 Å². The summed E-state index contributed by atoms with van der Waals surface area (Å²) >= 11 is 0. The minimum absolute atomic E-state index is 0.0200. The van der Waals surface area contributed by atoms with Gasteiger partial charge in [-0.1, -0.05) is 30.3 Å². The molecule has 0 N–H and O–H groups in total. The predicted octanol–water partition coefficient (Wildman–Crippen LogP) is 3.35. The van der Waals surface area contributed by atoms with E-state index < -0.39 is 12.1 Å². The van der Waals surface area contributed by atoms with Crippen molar-refractivity contribution in [3.8, 4) is 5.75 Å². The van der Waals surface area contributed by atoms with Crippen molar-refractivity contribution in [2.75, 3.05) is 6.61 Å². The van der Waals surface area contributed by atoms with E-state index in [2.05, 4.69) is 0 Å². The lowest BCUT2D eigenvalue weighted by Gasteiger charge is -2.20. The summed E-state index contributed by atoms with van der Waals surface area (Å²) in [6, 6.07) is 15.6. The Hall–Kier alpha value is -2.95. The number of ether oxygens (including phenoxy) is 2. The van der Waals surface area contributed by atoms with Crippen LogP contribution in [0, 0.1) is 0 Å². The molecule has 2 aromatic carbocycles. The van der Waals surface area contributed by atoms with Gasteiger partial charge in [0.15, 0.2) is 24.3 Å². The van der Waals surface area contributed by atoms with E-state index in [0.29, 0.717) is 29.7 Å². The quantitative estimate of drug-likeness (QED) is 0.589. The summed E-state index contributed by atoms with van der Waals surface area (Å²) in [5.41, 5.74) is 1.15. The lowest BCUT2D eigenvalue weighted by Crippen LogP contribution is -2.31. The van der Waals surface area contributed by atoms with Gasteiger partial charge in [0.1, 0.15) is 5.75 Å². The van der Waals surface area contributed by atoms with Crippen LogP contribution >= 0.6 is 0 Å². The topological polar surface area (TPSA) is 69.7 Å². The van der Waals surface area contributed by atoms with Gasteiger partial charge >= 0.3 is 5.97 Å². The average molecular weight is 352 g/mol. The van der Waals surface area contributed by atoms with Gasteiger partial charge in [-0.2, -0.15) is 0 Å². The van der Waals surface area contributed by atoms with Gasteiger partial charge in [-0.05, 0) is 43.5 Å². The molecule has 0 bridgehead atoms. The molecule has 5 nitrogen and oxygen atoms in total. The molecule has 3 rings (SSSR count). The number of hydrogen-bond donors (Lipinski definition) is 0. The number of carbonyl (C=O) groups is 3. The third kappa shape index (κ3) is 4.57. The highest BCUT2D eigenvalue weighted by Crippen LogP contribution is 2.18. The van der Waals surface area contributed by atoms with Crippen LogP contribution in [0.15, 0.2) is 54.6 Å². The number of hydrogen-bond acceptors (Lipinski definition) is 5. The van der Waals surface area contributed by atoms with Gasteiger partial charge < -0.3 is 9.47 Å². The molecule has 26 heavy (non-hydrogen) atoms. The summed E-state index contributed by atoms with van der Waals surface area (Å²) < 4.78 is 10.6. The summed E-state index contributed by atoms with van der Waals surface area (Å²) in [5.74, 6) is -0.197. The summed E-state index contributed by atoms with van der Waals surface area (Å²) in [6.45, 7) is -0.268. The highest BCUT2D eigenvalue weighted by atomic mass is 16.6. The van der Waals surface area contributed by atoms with E-state index in [0.717, 1.165) is 12.8 Å². The van der Waals surface area contributed by atoms with Crippen LogP contribution in [-0.2, 0) is 14.3 Å². The molecule has 0 saturated heterocycles. The van der Waals surface area contributed by atoms with Crippen LogP contribution < -0.4 is 4.74 Å². The number of benzene rings is 2. The van der Waals surface area contributed by atoms with Crippen molar-refractivity contribution < 1.29 is 23.9 Å². The highest BCUT2D eigenvalue weighted by molar-refractivity contribution is 6.08. The van der Waals surface area contributed by atoms with Crippen molar-refractivity contribution in [3.63, 3.8) is 0 Å². The second-order valence-corrected chi connectivity index (χ2v) is 6.20. The molecular formula is C21H20O5. The van der Waals surface area contributed by atoms with Crippen molar-refractivity contribution in [1.82, 2.24) is 0 Å². The largest absolute Gasteiger partial charge is 0.482 e. The summed E-state index contributed by atoms with van der Waals surface area (Å²) in [4.78, 5) is 35.8. The lowest BCUT2D eigenvalue weighted by molar-refractivity contribution is -0.158. The molecule has 0 unspecified atom stereocenters. The molecule has 0 aromatic heterocycles. The maximum Gasteiger partial charge on any atom is 0.344 e. The van der Waals surface area contributed by atoms with Crippen molar-refractivity contribution >= 4 is 17.5 Å². The van der Waals surface area contributed by atoms with Crippen LogP contribution in [0.1, 0.15) is 41.6 Å². The molecule has 5 heteroatoms. The third-order valence-corrected chi connectivity index (χ3v) is 4.28. The summed E-state index contributed by atoms with van der Waals surface area (Å²) in [7, 11) is 0. The summed E-state index contributed by atoms with van der Waals surface area (Å²) in [6.07, 6.45) is 2.17. The van der Waals surface area contributed by atoms with E-state index in [9.17, 15) is 14.4 Å². The van der Waals surface area contributed by atoms with E-state index in [1.54, 1.807) is 36.4 Å². The fraction of sp³-hybridized carbons (Fsp3) is 0.286. The number of esters is 1. The minimum atomic E-state index is -0.634. The Morgan fingerprint density at radius 2 is 1.62 bits per heavy atom. The van der Waals surface area contributed by atoms with Gasteiger partial charge in [0.2, 0.25) is 0 Å². The van der Waals surface area contributed by atoms with Crippen molar-refractivity contribution in [1.29, 1.82) is 0 Å². The molecule has 1 fully saturated rings. The van der Waals surface area contributed by atoms with Gasteiger partial charge in [-0.25, -0.2) is 4.79 Å². The van der Waals surface area contributed by atoms with Crippen LogP contribution in [0.3, 0.4) is 0 Å². The fourth-order valence-electron chi connectivity index (χ4n) is 2.87. The van der Waals surface area contributed by atoms with E-state index in [4.69, 9.17) is 9.47 Å². The number of Topliss-reactive ketones (excluding diaryl/α,β-unsaturated/α-hetero) is 1. The Balaban J connectivity index is 1.52. The SMILES string of the molecule is O=C(COc1ccc(C(=O)c2ccccc2)cc1)O[C@@H]1CCCCC1=O. The molecular weight excluding hydrogens is 332 g/mol. The minimum Gasteiger partial charge on any atom is -0.482 e. The maximum atomic E-state index is 12.3. The second-order valence-electron chi connectivity index (χ2n) is 6.20. The standard InChI is InChI=1S/C21H20O5/c22-18-8-4-5-9-19(18)26-20(23)14-25-17-12-10-16(11-13-17)21(24)15-6-2-1-3-7-15/h1-3,6-7,10-13,19H,4-5,8-9,14H2/t19-/m1/s1. The van der Waals surface area contributed by atoms with Crippen molar-refractivity contribution in [2.24, 2.45) is 0 Å². The zero-order valence-corrected chi connectivity index (χ0v) is 14.4. The summed E-state index contributed by atoms with van der Waals surface area (Å²) in [5, 5.41) is 0. The van der Waals surface area contributed by atoms with Crippen LogP contribution in [0.2, 0.25) is 0 Å². The predicted molar refractivity (Wildman–Crippen MR) is 95.2 cm³/mol. The molecule has 0 radical (unpaired) electrons. The monoisotopic (exact) mass is 352 g/mol. The van der Waals surface area contributed by atoms with Crippen LogP contribution in [0.4, 0.5) is 0 Å². The van der Waals surface area contributed by atoms with E-state index in [1.165, 1.54) is 0 Å². The molecule has 0 spiro atoms. The van der Waals surface area contributed by atoms with Gasteiger partial charge in [0.25, 0.3) is 0 Å². The van der Waals surface area contributed by atoms with Gasteiger partial charge in [0, 0.05) is 17.5 Å². The van der Waals surface area contributed by atoms with E-state index >= 15 is 0 Å². The van der Waals surface area contributed by atoms with Gasteiger partial charge in [-0.15, -0.1) is 0 Å². The third-order valence-electron chi connectivity index (χ3n) is 4.28. The van der Waals surface area contributed by atoms with Crippen LogP contribution in [0.25, 0.3) is 0 Å². The van der Waals surface area contributed by atoms with Crippen LogP contribution in [0.5, 0.6) is 5.75 Å². The smallest absolute Gasteiger partial charge is 0.344 e. The highest BCUT2D eigenvalue weighted by Gasteiger charge is 2.25. The number of rotatable bonds is 6. The second kappa shape index (κ2) is 8.43. The molecule has 2 aromatic rings. The molecule has 134 valence electrons. The first kappa shape index (κ1) is 17.9. The first-order chi connectivity index (χ1) is 12.6. The molecule has 0 aliphatic heterocycles. The van der Waals surface area contributed by atoms with E-state index in [-0.39, 0.29) is 18.2 Å². The Bertz CT molecular complexity index is 780. The molecule has 1 atom stereocenters. The molecule has 0 amide bonds. The molecule has 1 saturated carbocycles. The van der Waals surface area contributed by atoms with E-state index in [1.807, 2.05) is 18.2 Å². The van der Waals surface area contributed by atoms with Crippen molar-refractivity contribution in [3.05, 3.63) is 65.7 Å². The van der Waals surface area contributed by atoms with Crippen LogP contribution in [-0.4, -0.2) is 30.2 Å². The fourth-order valence-corrected chi connectivity index (χ4v) is 2.87. The number of carbonyl (C=O) groups excluding carboxylic acids is 3. The first-order valence-corrected chi connectivity index (χ1v) is 8.68. The van der Waals surface area contributed by atoms with Gasteiger partial charge in [-0.3, -0.25) is 9.59 Å². The zero-order chi connectivity index (χ0) is 18.4. The Labute approximate surface area is 151 Å². The molecule has 0 heterocycles. The molecule has 1 aliphatic carbocycles. The Morgan fingerprint density at radius 1 is 0.923 bits per heavy atom. The Kier molecular flexibility index (Phi) is 5.79. The average Bonchev–Trinajstić information content (AvgIpc) is 2.69. The van der Waals surface area contributed by atoms with Gasteiger partial charge in [0.05, 0.1) is 0 Å². The number of ketones is 2.